The number of rotatable bonds is 3. The number of nitrogens with zero attached hydrogens (tertiary/aromatic N) is 2. The first-order chi connectivity index (χ1) is 13.1. The SMILES string of the molecule is C=C1C2N(C)C=CN2c2c(ccc3c2oc2ccccc23)C1(CC)CCC. The number of anilines is 1. The zero-order valence-electron chi connectivity index (χ0n) is 16.3. The molecule has 0 fully saturated rings. The molecule has 3 heterocycles. The Morgan fingerprint density at radius 1 is 1.07 bits per heavy atom. The van der Waals surface area contributed by atoms with Crippen molar-refractivity contribution in [3.63, 3.8) is 0 Å². The van der Waals surface area contributed by atoms with Crippen LogP contribution < -0.4 is 4.90 Å². The molecule has 2 aliphatic rings. The molecule has 0 aliphatic carbocycles. The third-order valence-electron chi connectivity index (χ3n) is 6.61. The number of hydrogen-bond acceptors (Lipinski definition) is 3. The highest BCUT2D eigenvalue weighted by atomic mass is 16.3. The smallest absolute Gasteiger partial charge is 0.159 e. The molecule has 2 atom stereocenters. The maximum absolute atomic E-state index is 6.42. The molecule has 3 nitrogen and oxygen atoms in total. The molecule has 0 N–H and O–H groups in total. The van der Waals surface area contributed by atoms with Gasteiger partial charge in [-0.15, -0.1) is 0 Å². The molecule has 3 aromatic rings. The minimum Gasteiger partial charge on any atom is -0.454 e. The van der Waals surface area contributed by atoms with Gasteiger partial charge in [-0.05, 0) is 30.0 Å². The van der Waals surface area contributed by atoms with Crippen molar-refractivity contribution in [1.82, 2.24) is 4.90 Å². The number of hydrogen-bond donors (Lipinski definition) is 0. The van der Waals surface area contributed by atoms with E-state index in [0.29, 0.717) is 0 Å². The highest BCUT2D eigenvalue weighted by Gasteiger charge is 2.48. The van der Waals surface area contributed by atoms with Crippen molar-refractivity contribution in [2.75, 3.05) is 11.9 Å². The fourth-order valence-corrected chi connectivity index (χ4v) is 5.30. The number of benzene rings is 2. The fourth-order valence-electron chi connectivity index (χ4n) is 5.30. The minimum atomic E-state index is -0.0152. The average molecular weight is 358 g/mol. The molecule has 0 saturated carbocycles. The Balaban J connectivity index is 1.89. The lowest BCUT2D eigenvalue weighted by Gasteiger charge is -2.49. The third kappa shape index (κ3) is 1.97. The molecule has 0 amide bonds. The van der Waals surface area contributed by atoms with Gasteiger partial charge in [0.05, 0.1) is 5.69 Å². The van der Waals surface area contributed by atoms with Gasteiger partial charge >= 0.3 is 0 Å². The summed E-state index contributed by atoms with van der Waals surface area (Å²) in [7, 11) is 2.14. The average Bonchev–Trinajstić information content (AvgIpc) is 3.25. The van der Waals surface area contributed by atoms with Crippen molar-refractivity contribution in [3.05, 3.63) is 66.5 Å². The van der Waals surface area contributed by atoms with E-state index in [2.05, 4.69) is 80.0 Å². The van der Waals surface area contributed by atoms with Crippen molar-refractivity contribution >= 4 is 27.6 Å². The molecular formula is C24H26N2O. The van der Waals surface area contributed by atoms with Gasteiger partial charge in [0, 0.05) is 35.6 Å². The van der Waals surface area contributed by atoms with E-state index in [1.165, 1.54) is 27.6 Å². The summed E-state index contributed by atoms with van der Waals surface area (Å²) in [6.45, 7) is 9.19. The maximum atomic E-state index is 6.42. The van der Waals surface area contributed by atoms with E-state index in [0.717, 1.165) is 30.4 Å². The normalized spacial score (nSPS) is 24.1. The maximum Gasteiger partial charge on any atom is 0.159 e. The molecule has 0 spiro atoms. The highest BCUT2D eigenvalue weighted by molar-refractivity contribution is 6.10. The van der Waals surface area contributed by atoms with Crippen LogP contribution in [0.1, 0.15) is 38.7 Å². The summed E-state index contributed by atoms with van der Waals surface area (Å²) < 4.78 is 6.42. The van der Waals surface area contributed by atoms with Crippen LogP contribution in [0.15, 0.2) is 65.4 Å². The van der Waals surface area contributed by atoms with Crippen molar-refractivity contribution < 1.29 is 4.42 Å². The van der Waals surface area contributed by atoms with Gasteiger partial charge in [0.25, 0.3) is 0 Å². The van der Waals surface area contributed by atoms with Crippen LogP contribution in [0.25, 0.3) is 21.9 Å². The number of fused-ring (bicyclic) bond motifs is 7. The Bertz CT molecular complexity index is 1090. The quantitative estimate of drug-likeness (QED) is 0.523. The molecule has 2 aromatic carbocycles. The Labute approximate surface area is 160 Å². The highest BCUT2D eigenvalue weighted by Crippen LogP contribution is 2.54. The fraction of sp³-hybridized carbons (Fsp3) is 0.333. The Kier molecular flexibility index (Phi) is 3.45. The van der Waals surface area contributed by atoms with Crippen LogP contribution in [0.5, 0.6) is 0 Å². The largest absolute Gasteiger partial charge is 0.454 e. The van der Waals surface area contributed by atoms with Gasteiger partial charge in [-0.2, -0.15) is 0 Å². The van der Waals surface area contributed by atoms with E-state index in [9.17, 15) is 0 Å². The lowest BCUT2D eigenvalue weighted by atomic mass is 9.65. The van der Waals surface area contributed by atoms with E-state index in [1.54, 1.807) is 0 Å². The topological polar surface area (TPSA) is 19.6 Å². The van der Waals surface area contributed by atoms with Gasteiger partial charge < -0.3 is 14.2 Å². The first-order valence-electron chi connectivity index (χ1n) is 9.95. The Morgan fingerprint density at radius 2 is 1.89 bits per heavy atom. The number of furan rings is 1. The van der Waals surface area contributed by atoms with Gasteiger partial charge in [-0.25, -0.2) is 0 Å². The molecule has 27 heavy (non-hydrogen) atoms. The summed E-state index contributed by atoms with van der Waals surface area (Å²) in [4.78, 5) is 4.62. The third-order valence-corrected chi connectivity index (χ3v) is 6.61. The standard InChI is InChI=1S/C24H26N2O/c1-5-13-24(6-2)16(3)23-25(4)14-15-26(23)21-19(24)12-11-18-17-9-7-8-10-20(17)27-22(18)21/h7-12,14-15,23H,3,5-6,13H2,1-2,4H3. The molecule has 0 radical (unpaired) electrons. The van der Waals surface area contributed by atoms with E-state index in [1.807, 2.05) is 6.07 Å². The van der Waals surface area contributed by atoms with E-state index in [4.69, 9.17) is 4.42 Å². The van der Waals surface area contributed by atoms with Crippen LogP contribution >= 0.6 is 0 Å². The molecular weight excluding hydrogens is 332 g/mol. The molecule has 138 valence electrons. The Morgan fingerprint density at radius 3 is 2.67 bits per heavy atom. The molecule has 0 saturated heterocycles. The second-order valence-corrected chi connectivity index (χ2v) is 7.89. The van der Waals surface area contributed by atoms with Gasteiger partial charge in [0.2, 0.25) is 0 Å². The summed E-state index contributed by atoms with van der Waals surface area (Å²) in [5, 5.41) is 2.38. The molecule has 1 aromatic heterocycles. The van der Waals surface area contributed by atoms with Crippen molar-refractivity contribution in [1.29, 1.82) is 0 Å². The van der Waals surface area contributed by atoms with E-state index >= 15 is 0 Å². The van der Waals surface area contributed by atoms with Crippen molar-refractivity contribution in [2.45, 2.75) is 44.7 Å². The minimum absolute atomic E-state index is 0.0152. The monoisotopic (exact) mass is 358 g/mol. The van der Waals surface area contributed by atoms with Gasteiger partial charge in [-0.3, -0.25) is 0 Å². The van der Waals surface area contributed by atoms with Crippen LogP contribution in [0.3, 0.4) is 0 Å². The van der Waals surface area contributed by atoms with Gasteiger partial charge in [0.1, 0.15) is 11.7 Å². The predicted molar refractivity (Wildman–Crippen MR) is 113 cm³/mol. The molecule has 3 heteroatoms. The molecule has 5 rings (SSSR count). The van der Waals surface area contributed by atoms with E-state index < -0.39 is 0 Å². The van der Waals surface area contributed by atoms with E-state index in [-0.39, 0.29) is 11.6 Å². The van der Waals surface area contributed by atoms with Crippen LogP contribution in [-0.2, 0) is 5.41 Å². The number of likely N-dealkylation sites (N-methyl/N-ethyl adjacent to an activating group) is 1. The Hall–Kier alpha value is -2.68. The summed E-state index contributed by atoms with van der Waals surface area (Å²) in [6.07, 6.45) is 7.78. The van der Waals surface area contributed by atoms with Crippen LogP contribution in [-0.4, -0.2) is 18.1 Å². The van der Waals surface area contributed by atoms with Gasteiger partial charge in [-0.1, -0.05) is 57.2 Å². The van der Waals surface area contributed by atoms with Gasteiger partial charge in [0.15, 0.2) is 5.58 Å². The second-order valence-electron chi connectivity index (χ2n) is 7.89. The second kappa shape index (κ2) is 5.66. The summed E-state index contributed by atoms with van der Waals surface area (Å²) in [5.74, 6) is 0. The first-order valence-corrected chi connectivity index (χ1v) is 9.95. The zero-order chi connectivity index (χ0) is 18.8. The number of para-hydroxylation sites is 1. The van der Waals surface area contributed by atoms with Crippen molar-refractivity contribution in [2.24, 2.45) is 0 Å². The first kappa shape index (κ1) is 16.5. The molecule has 2 aliphatic heterocycles. The van der Waals surface area contributed by atoms with Crippen LogP contribution in [0, 0.1) is 0 Å². The van der Waals surface area contributed by atoms with Crippen LogP contribution in [0.2, 0.25) is 0 Å². The predicted octanol–water partition coefficient (Wildman–Crippen LogP) is 6.15. The van der Waals surface area contributed by atoms with Crippen molar-refractivity contribution in [3.8, 4) is 0 Å². The summed E-state index contributed by atoms with van der Waals surface area (Å²) in [6, 6.07) is 12.9. The summed E-state index contributed by atoms with van der Waals surface area (Å²) in [5.41, 5.74) is 5.81. The molecule has 2 unspecified atom stereocenters. The lowest BCUT2D eigenvalue weighted by Crippen LogP contribution is -2.50. The molecule has 0 bridgehead atoms. The zero-order valence-corrected chi connectivity index (χ0v) is 16.3. The summed E-state index contributed by atoms with van der Waals surface area (Å²) >= 11 is 0. The lowest BCUT2D eigenvalue weighted by molar-refractivity contribution is 0.316. The van der Waals surface area contributed by atoms with Crippen LogP contribution in [0.4, 0.5) is 5.69 Å².